The van der Waals surface area contributed by atoms with Gasteiger partial charge in [-0.25, -0.2) is 0 Å². The highest BCUT2D eigenvalue weighted by Gasteiger charge is 2.22. The summed E-state index contributed by atoms with van der Waals surface area (Å²) in [6.07, 6.45) is 3.56. The van der Waals surface area contributed by atoms with E-state index in [-0.39, 0.29) is 6.61 Å². The van der Waals surface area contributed by atoms with Gasteiger partial charge >= 0.3 is 0 Å². The molecule has 1 aliphatic carbocycles. The molecule has 1 unspecified atom stereocenters. The Kier molecular flexibility index (Phi) is 4.79. The van der Waals surface area contributed by atoms with Gasteiger partial charge in [-0.2, -0.15) is 0 Å². The van der Waals surface area contributed by atoms with Gasteiger partial charge in [0.2, 0.25) is 0 Å². The molecule has 2 rings (SSSR count). The van der Waals surface area contributed by atoms with Gasteiger partial charge in [-0.3, -0.25) is 0 Å². The van der Waals surface area contributed by atoms with Gasteiger partial charge in [0, 0.05) is 19.2 Å². The lowest BCUT2D eigenvalue weighted by Crippen LogP contribution is -2.34. The molecule has 0 bridgehead atoms. The van der Waals surface area contributed by atoms with Gasteiger partial charge in [0.1, 0.15) is 0 Å². The van der Waals surface area contributed by atoms with E-state index in [2.05, 4.69) is 43.4 Å². The van der Waals surface area contributed by atoms with Crippen molar-refractivity contribution in [3.05, 3.63) is 35.4 Å². The number of hydrogen-bond donors (Lipinski definition) is 2. The van der Waals surface area contributed by atoms with Crippen molar-refractivity contribution in [3.8, 4) is 0 Å². The van der Waals surface area contributed by atoms with Crippen molar-refractivity contribution >= 4 is 0 Å². The molecular weight excluding hydrogens is 222 g/mol. The number of aliphatic hydroxyl groups excluding tert-OH is 1. The predicted molar refractivity (Wildman–Crippen MR) is 75.6 cm³/mol. The van der Waals surface area contributed by atoms with E-state index in [1.54, 1.807) is 0 Å². The minimum Gasteiger partial charge on any atom is -0.396 e. The second kappa shape index (κ2) is 6.35. The van der Waals surface area contributed by atoms with Gasteiger partial charge < -0.3 is 10.4 Å². The van der Waals surface area contributed by atoms with E-state index in [1.807, 2.05) is 0 Å². The third-order valence-electron chi connectivity index (χ3n) is 3.84. The summed E-state index contributed by atoms with van der Waals surface area (Å²) >= 11 is 0. The third kappa shape index (κ3) is 3.82. The Hall–Kier alpha value is -0.860. The standard InChI is InChI=1S/C16H25NO/c1-12(2)16(9-10-18)17-11-13-3-5-14(6-4-13)15-7-8-15/h3-6,12,15-18H,7-11H2,1-2H3. The molecule has 0 radical (unpaired) electrons. The van der Waals surface area contributed by atoms with Crippen molar-refractivity contribution < 1.29 is 5.11 Å². The largest absolute Gasteiger partial charge is 0.396 e. The summed E-state index contributed by atoms with van der Waals surface area (Å²) in [6.45, 7) is 5.55. The Labute approximate surface area is 110 Å². The van der Waals surface area contributed by atoms with Gasteiger partial charge in [0.15, 0.2) is 0 Å². The van der Waals surface area contributed by atoms with Crippen LogP contribution in [0.25, 0.3) is 0 Å². The summed E-state index contributed by atoms with van der Waals surface area (Å²) in [6, 6.07) is 9.41. The van der Waals surface area contributed by atoms with Crippen molar-refractivity contribution in [1.82, 2.24) is 5.32 Å². The number of aliphatic hydroxyl groups is 1. The maximum atomic E-state index is 9.05. The lowest BCUT2D eigenvalue weighted by Gasteiger charge is -2.21. The molecule has 0 heterocycles. The van der Waals surface area contributed by atoms with Crippen LogP contribution in [0, 0.1) is 5.92 Å². The fraction of sp³-hybridized carbons (Fsp3) is 0.625. The normalized spacial score (nSPS) is 17.1. The first kappa shape index (κ1) is 13.6. The van der Waals surface area contributed by atoms with Gasteiger partial charge in [-0.1, -0.05) is 38.1 Å². The molecular formula is C16H25NO. The van der Waals surface area contributed by atoms with E-state index in [1.165, 1.54) is 24.0 Å². The summed E-state index contributed by atoms with van der Waals surface area (Å²) in [4.78, 5) is 0. The summed E-state index contributed by atoms with van der Waals surface area (Å²) in [5, 5.41) is 12.6. The van der Waals surface area contributed by atoms with Crippen LogP contribution < -0.4 is 5.32 Å². The molecule has 2 heteroatoms. The van der Waals surface area contributed by atoms with E-state index in [4.69, 9.17) is 5.11 Å². The highest BCUT2D eigenvalue weighted by Crippen LogP contribution is 2.39. The molecule has 1 fully saturated rings. The Bertz CT molecular complexity index is 354. The van der Waals surface area contributed by atoms with Crippen molar-refractivity contribution in [2.75, 3.05) is 6.61 Å². The first-order valence-electron chi connectivity index (χ1n) is 7.13. The Morgan fingerprint density at radius 1 is 1.22 bits per heavy atom. The highest BCUT2D eigenvalue weighted by atomic mass is 16.3. The van der Waals surface area contributed by atoms with Crippen LogP contribution in [0.3, 0.4) is 0 Å². The molecule has 0 aromatic heterocycles. The maximum absolute atomic E-state index is 9.05. The van der Waals surface area contributed by atoms with Gasteiger partial charge in [-0.05, 0) is 42.2 Å². The molecule has 0 aliphatic heterocycles. The second-order valence-corrected chi connectivity index (χ2v) is 5.76. The molecule has 0 spiro atoms. The summed E-state index contributed by atoms with van der Waals surface area (Å²) in [7, 11) is 0. The van der Waals surface area contributed by atoms with Crippen molar-refractivity contribution in [3.63, 3.8) is 0 Å². The molecule has 1 aromatic rings. The SMILES string of the molecule is CC(C)C(CCO)NCc1ccc(C2CC2)cc1. The molecule has 18 heavy (non-hydrogen) atoms. The van der Waals surface area contributed by atoms with E-state index >= 15 is 0 Å². The number of rotatable bonds is 7. The van der Waals surface area contributed by atoms with Gasteiger partial charge in [-0.15, -0.1) is 0 Å². The lowest BCUT2D eigenvalue weighted by molar-refractivity contribution is 0.244. The molecule has 1 aliphatic rings. The topological polar surface area (TPSA) is 32.3 Å². The van der Waals surface area contributed by atoms with Crippen molar-refractivity contribution in [1.29, 1.82) is 0 Å². The molecule has 100 valence electrons. The summed E-state index contributed by atoms with van der Waals surface area (Å²) in [5.74, 6) is 1.40. The summed E-state index contributed by atoms with van der Waals surface area (Å²) < 4.78 is 0. The van der Waals surface area contributed by atoms with Crippen LogP contribution in [-0.2, 0) is 6.54 Å². The molecule has 1 aromatic carbocycles. The van der Waals surface area contributed by atoms with Gasteiger partial charge in [0.25, 0.3) is 0 Å². The fourth-order valence-corrected chi connectivity index (χ4v) is 2.38. The Morgan fingerprint density at radius 2 is 1.89 bits per heavy atom. The average molecular weight is 247 g/mol. The van der Waals surface area contributed by atoms with Crippen LogP contribution in [0.2, 0.25) is 0 Å². The first-order valence-corrected chi connectivity index (χ1v) is 7.13. The molecule has 2 N–H and O–H groups in total. The lowest BCUT2D eigenvalue weighted by atomic mass is 10.0. The highest BCUT2D eigenvalue weighted by molar-refractivity contribution is 5.27. The fourth-order valence-electron chi connectivity index (χ4n) is 2.38. The van der Waals surface area contributed by atoms with Crippen LogP contribution in [0.1, 0.15) is 50.2 Å². The molecule has 0 amide bonds. The van der Waals surface area contributed by atoms with Crippen LogP contribution in [0.15, 0.2) is 24.3 Å². The summed E-state index contributed by atoms with van der Waals surface area (Å²) in [5.41, 5.74) is 2.83. The zero-order valence-corrected chi connectivity index (χ0v) is 11.5. The van der Waals surface area contributed by atoms with Gasteiger partial charge in [0.05, 0.1) is 0 Å². The minimum atomic E-state index is 0.260. The van der Waals surface area contributed by atoms with E-state index < -0.39 is 0 Å². The van der Waals surface area contributed by atoms with Crippen molar-refractivity contribution in [2.45, 2.75) is 51.6 Å². The van der Waals surface area contributed by atoms with Crippen LogP contribution in [0.5, 0.6) is 0 Å². The number of nitrogens with one attached hydrogen (secondary N) is 1. The monoisotopic (exact) mass is 247 g/mol. The van der Waals surface area contributed by atoms with Crippen LogP contribution >= 0.6 is 0 Å². The molecule has 1 atom stereocenters. The van der Waals surface area contributed by atoms with E-state index in [0.717, 1.165) is 18.9 Å². The minimum absolute atomic E-state index is 0.260. The zero-order chi connectivity index (χ0) is 13.0. The second-order valence-electron chi connectivity index (χ2n) is 5.76. The van der Waals surface area contributed by atoms with Crippen molar-refractivity contribution in [2.24, 2.45) is 5.92 Å². The number of hydrogen-bond acceptors (Lipinski definition) is 2. The molecule has 1 saturated carbocycles. The average Bonchev–Trinajstić information content (AvgIpc) is 3.19. The maximum Gasteiger partial charge on any atom is 0.0445 e. The Morgan fingerprint density at radius 3 is 2.39 bits per heavy atom. The Balaban J connectivity index is 1.84. The number of benzene rings is 1. The zero-order valence-electron chi connectivity index (χ0n) is 11.5. The first-order chi connectivity index (χ1) is 8.70. The third-order valence-corrected chi connectivity index (χ3v) is 3.84. The van der Waals surface area contributed by atoms with Crippen LogP contribution in [-0.4, -0.2) is 17.8 Å². The smallest absolute Gasteiger partial charge is 0.0445 e. The quantitative estimate of drug-likeness (QED) is 0.776. The molecule has 0 saturated heterocycles. The van der Waals surface area contributed by atoms with E-state index in [9.17, 15) is 0 Å². The predicted octanol–water partition coefficient (Wildman–Crippen LogP) is 3.06. The van der Waals surface area contributed by atoms with E-state index in [0.29, 0.717) is 12.0 Å². The molecule has 2 nitrogen and oxygen atoms in total. The van der Waals surface area contributed by atoms with Crippen LogP contribution in [0.4, 0.5) is 0 Å².